The van der Waals surface area contributed by atoms with Crippen molar-refractivity contribution >= 4 is 29.9 Å². The van der Waals surface area contributed by atoms with Gasteiger partial charge in [0, 0.05) is 39.6 Å². The molecule has 8 heteroatoms. The standard InChI is InChI=1S/C17H27F3N4.HI/c1-21-16(24(3)12-15-5-4-10-23(15)2)22-11-13-6-8-14(9-7-13)17(18,19)20;/h4-5,10,13-14H,6-9,11-12H2,1-3H3,(H,21,22);1H. The first kappa shape index (κ1) is 22.1. The second-order valence-electron chi connectivity index (χ2n) is 6.65. The van der Waals surface area contributed by atoms with E-state index < -0.39 is 12.1 Å². The zero-order valence-electron chi connectivity index (χ0n) is 15.0. The highest BCUT2D eigenvalue weighted by Crippen LogP contribution is 2.39. The molecule has 1 saturated carbocycles. The summed E-state index contributed by atoms with van der Waals surface area (Å²) >= 11 is 0. The molecule has 144 valence electrons. The van der Waals surface area contributed by atoms with Gasteiger partial charge in [-0.2, -0.15) is 13.2 Å². The monoisotopic (exact) mass is 472 g/mol. The van der Waals surface area contributed by atoms with Gasteiger partial charge in [0.2, 0.25) is 0 Å². The fraction of sp³-hybridized carbons (Fsp3) is 0.706. The first-order valence-electron chi connectivity index (χ1n) is 8.40. The molecule has 1 aliphatic rings. The number of hydrogen-bond donors (Lipinski definition) is 1. The number of hydrogen-bond acceptors (Lipinski definition) is 1. The van der Waals surface area contributed by atoms with Crippen LogP contribution < -0.4 is 5.32 Å². The summed E-state index contributed by atoms with van der Waals surface area (Å²) < 4.78 is 40.2. The van der Waals surface area contributed by atoms with Crippen molar-refractivity contribution in [1.82, 2.24) is 14.8 Å². The molecule has 25 heavy (non-hydrogen) atoms. The number of aliphatic imine (C=N–C) groups is 1. The van der Waals surface area contributed by atoms with E-state index in [0.29, 0.717) is 19.4 Å². The molecular weight excluding hydrogens is 444 g/mol. The number of nitrogens with zero attached hydrogens (tertiary/aromatic N) is 3. The van der Waals surface area contributed by atoms with E-state index in [1.165, 1.54) is 5.69 Å². The lowest BCUT2D eigenvalue weighted by molar-refractivity contribution is -0.183. The highest BCUT2D eigenvalue weighted by molar-refractivity contribution is 14.0. The first-order valence-corrected chi connectivity index (χ1v) is 8.40. The molecule has 0 saturated heterocycles. The van der Waals surface area contributed by atoms with E-state index in [2.05, 4.69) is 20.9 Å². The lowest BCUT2D eigenvalue weighted by Gasteiger charge is -2.31. The van der Waals surface area contributed by atoms with Crippen LogP contribution in [0.3, 0.4) is 0 Å². The third-order valence-corrected chi connectivity index (χ3v) is 4.88. The molecule has 1 N–H and O–H groups in total. The largest absolute Gasteiger partial charge is 0.391 e. The Labute approximate surface area is 164 Å². The third kappa shape index (κ3) is 6.38. The number of halogens is 4. The highest BCUT2D eigenvalue weighted by atomic mass is 127. The van der Waals surface area contributed by atoms with Crippen LogP contribution in [0.25, 0.3) is 0 Å². The molecule has 1 aliphatic carbocycles. The molecule has 1 aromatic rings. The molecule has 0 aliphatic heterocycles. The van der Waals surface area contributed by atoms with Gasteiger partial charge in [0.05, 0.1) is 12.5 Å². The minimum Gasteiger partial charge on any atom is -0.356 e. The molecule has 0 aromatic carbocycles. The quantitative estimate of drug-likeness (QED) is 0.408. The van der Waals surface area contributed by atoms with E-state index in [9.17, 15) is 13.2 Å². The third-order valence-electron chi connectivity index (χ3n) is 4.88. The van der Waals surface area contributed by atoms with Crippen molar-refractivity contribution in [3.8, 4) is 0 Å². The van der Waals surface area contributed by atoms with Gasteiger partial charge in [0.1, 0.15) is 0 Å². The number of aryl methyl sites for hydroxylation is 1. The molecule has 0 unspecified atom stereocenters. The molecule has 0 atom stereocenters. The van der Waals surface area contributed by atoms with E-state index >= 15 is 0 Å². The summed E-state index contributed by atoms with van der Waals surface area (Å²) in [7, 11) is 5.69. The maximum atomic E-state index is 12.7. The van der Waals surface area contributed by atoms with Crippen molar-refractivity contribution in [3.63, 3.8) is 0 Å². The molecule has 0 bridgehead atoms. The van der Waals surface area contributed by atoms with Crippen LogP contribution in [0, 0.1) is 11.8 Å². The topological polar surface area (TPSA) is 32.6 Å². The number of alkyl halides is 3. The second-order valence-corrected chi connectivity index (χ2v) is 6.65. The first-order chi connectivity index (χ1) is 11.3. The maximum absolute atomic E-state index is 12.7. The van der Waals surface area contributed by atoms with Gasteiger partial charge in [-0.1, -0.05) is 0 Å². The zero-order valence-corrected chi connectivity index (χ0v) is 17.3. The van der Waals surface area contributed by atoms with Crippen molar-refractivity contribution in [2.75, 3.05) is 20.6 Å². The Morgan fingerprint density at radius 3 is 2.44 bits per heavy atom. The minimum absolute atomic E-state index is 0. The van der Waals surface area contributed by atoms with E-state index in [1.807, 2.05) is 31.3 Å². The summed E-state index contributed by atoms with van der Waals surface area (Å²) in [5.41, 5.74) is 1.17. The summed E-state index contributed by atoms with van der Waals surface area (Å²) in [5.74, 6) is -0.0639. The molecule has 4 nitrogen and oxygen atoms in total. The summed E-state index contributed by atoms with van der Waals surface area (Å²) in [6, 6.07) is 4.06. The van der Waals surface area contributed by atoms with E-state index in [-0.39, 0.29) is 42.7 Å². The molecule has 1 fully saturated rings. The lowest BCUT2D eigenvalue weighted by Crippen LogP contribution is -2.41. The van der Waals surface area contributed by atoms with Crippen LogP contribution in [0.1, 0.15) is 31.4 Å². The summed E-state index contributed by atoms with van der Waals surface area (Å²) in [4.78, 5) is 6.30. The van der Waals surface area contributed by atoms with Crippen LogP contribution in [0.2, 0.25) is 0 Å². The average molecular weight is 472 g/mol. The van der Waals surface area contributed by atoms with Crippen molar-refractivity contribution in [2.45, 2.75) is 38.4 Å². The fourth-order valence-corrected chi connectivity index (χ4v) is 3.29. The van der Waals surface area contributed by atoms with E-state index in [0.717, 1.165) is 12.5 Å². The molecule has 1 heterocycles. The second kappa shape index (κ2) is 9.68. The van der Waals surface area contributed by atoms with Crippen LogP contribution in [-0.2, 0) is 13.6 Å². The number of nitrogens with one attached hydrogen (secondary N) is 1. The van der Waals surface area contributed by atoms with Gasteiger partial charge in [-0.15, -0.1) is 24.0 Å². The number of guanidine groups is 1. The molecule has 0 radical (unpaired) electrons. The van der Waals surface area contributed by atoms with Gasteiger partial charge < -0.3 is 14.8 Å². The van der Waals surface area contributed by atoms with Gasteiger partial charge >= 0.3 is 6.18 Å². The Bertz CT molecular complexity index is 548. The Kier molecular flexibility index (Phi) is 8.56. The molecule has 0 amide bonds. The highest BCUT2D eigenvalue weighted by Gasteiger charge is 2.41. The van der Waals surface area contributed by atoms with E-state index in [1.54, 1.807) is 7.05 Å². The lowest BCUT2D eigenvalue weighted by atomic mass is 9.81. The predicted octanol–water partition coefficient (Wildman–Crippen LogP) is 4.02. The van der Waals surface area contributed by atoms with Crippen molar-refractivity contribution in [1.29, 1.82) is 0 Å². The maximum Gasteiger partial charge on any atom is 0.391 e. The van der Waals surface area contributed by atoms with Gasteiger partial charge in [-0.25, -0.2) is 0 Å². The van der Waals surface area contributed by atoms with Crippen LogP contribution in [0.4, 0.5) is 13.2 Å². The Hall–Kier alpha value is -0.930. The van der Waals surface area contributed by atoms with E-state index in [4.69, 9.17) is 0 Å². The predicted molar refractivity (Wildman–Crippen MR) is 105 cm³/mol. The van der Waals surface area contributed by atoms with Crippen LogP contribution in [0.5, 0.6) is 0 Å². The van der Waals surface area contributed by atoms with Crippen molar-refractivity contribution in [3.05, 3.63) is 24.0 Å². The smallest absolute Gasteiger partial charge is 0.356 e. The number of aromatic nitrogens is 1. The van der Waals surface area contributed by atoms with Gasteiger partial charge in [-0.3, -0.25) is 4.99 Å². The summed E-state index contributed by atoms with van der Waals surface area (Å²) in [6.07, 6.45) is -0.311. The van der Waals surface area contributed by atoms with Gasteiger partial charge in [-0.05, 0) is 43.7 Å². The van der Waals surface area contributed by atoms with Crippen molar-refractivity contribution < 1.29 is 13.2 Å². The summed E-state index contributed by atoms with van der Waals surface area (Å²) in [6.45, 7) is 1.40. The normalized spacial score (nSPS) is 21.6. The zero-order chi connectivity index (χ0) is 17.7. The fourth-order valence-electron chi connectivity index (χ4n) is 3.29. The minimum atomic E-state index is -4.04. The molecule has 1 aromatic heterocycles. The Morgan fingerprint density at radius 2 is 1.96 bits per heavy atom. The Morgan fingerprint density at radius 1 is 1.32 bits per heavy atom. The van der Waals surface area contributed by atoms with Crippen molar-refractivity contribution in [2.24, 2.45) is 23.9 Å². The SMILES string of the molecule is CN=C(NCC1CCC(C(F)(F)F)CC1)N(C)Cc1cccn1C.I. The molecular formula is C17H28F3IN4. The average Bonchev–Trinajstić information content (AvgIpc) is 2.92. The van der Waals surface area contributed by atoms with Crippen LogP contribution in [0.15, 0.2) is 23.3 Å². The van der Waals surface area contributed by atoms with Gasteiger partial charge in [0.15, 0.2) is 5.96 Å². The van der Waals surface area contributed by atoms with Gasteiger partial charge in [0.25, 0.3) is 0 Å². The summed E-state index contributed by atoms with van der Waals surface area (Å²) in [5, 5.41) is 3.31. The Balaban J connectivity index is 0.00000312. The van der Waals surface area contributed by atoms with Crippen LogP contribution in [-0.4, -0.2) is 42.2 Å². The molecule has 0 spiro atoms. The molecule has 2 rings (SSSR count). The van der Waals surface area contributed by atoms with Crippen LogP contribution >= 0.6 is 24.0 Å². The number of rotatable bonds is 4.